The third-order valence-corrected chi connectivity index (χ3v) is 9.84. The number of allylic oxidation sites excluding steroid dienone is 4. The molecule has 26 heavy (non-hydrogen) atoms. The van der Waals surface area contributed by atoms with Gasteiger partial charge in [0.15, 0.2) is 0 Å². The van der Waals surface area contributed by atoms with Crippen molar-refractivity contribution in [3.8, 4) is 0 Å². The molecule has 1 atom stereocenters. The Labute approximate surface area is 161 Å². The van der Waals surface area contributed by atoms with Gasteiger partial charge in [0.25, 0.3) is 0 Å². The Bertz CT molecular complexity index is 716. The van der Waals surface area contributed by atoms with Crippen molar-refractivity contribution < 1.29 is 0 Å². The maximum atomic E-state index is 2.44. The second-order valence-electron chi connectivity index (χ2n) is 7.32. The summed E-state index contributed by atoms with van der Waals surface area (Å²) in [4.78, 5) is 0. The van der Waals surface area contributed by atoms with Crippen LogP contribution in [0.15, 0.2) is 83.7 Å². The zero-order chi connectivity index (χ0) is 17.6. The third kappa shape index (κ3) is 4.36. The summed E-state index contributed by atoms with van der Waals surface area (Å²) in [5.41, 5.74) is 2.71. The molecular formula is C24H28P2. The molecule has 1 unspecified atom stereocenters. The summed E-state index contributed by atoms with van der Waals surface area (Å²) in [6, 6.07) is 22.3. The SMILES string of the molecule is C1=CC(P(c2ccccc2)c2ccccc2)=C(CPC2CCCCC2)C1. The molecule has 134 valence electrons. The van der Waals surface area contributed by atoms with Crippen LogP contribution in [0.25, 0.3) is 0 Å². The van der Waals surface area contributed by atoms with Crippen LogP contribution in [0.2, 0.25) is 0 Å². The van der Waals surface area contributed by atoms with Gasteiger partial charge < -0.3 is 0 Å². The van der Waals surface area contributed by atoms with E-state index in [2.05, 4.69) is 72.8 Å². The van der Waals surface area contributed by atoms with Crippen molar-refractivity contribution in [3.63, 3.8) is 0 Å². The highest BCUT2D eigenvalue weighted by Gasteiger charge is 2.23. The molecule has 0 heterocycles. The van der Waals surface area contributed by atoms with Crippen molar-refractivity contribution in [2.75, 3.05) is 6.16 Å². The average molecular weight is 378 g/mol. The molecule has 2 heteroatoms. The molecule has 0 N–H and O–H groups in total. The quantitative estimate of drug-likeness (QED) is 0.514. The first-order valence-corrected chi connectivity index (χ1v) is 12.6. The molecule has 0 amide bonds. The van der Waals surface area contributed by atoms with Gasteiger partial charge >= 0.3 is 0 Å². The van der Waals surface area contributed by atoms with Crippen LogP contribution in [0.5, 0.6) is 0 Å². The van der Waals surface area contributed by atoms with E-state index in [1.54, 1.807) is 10.9 Å². The number of rotatable bonds is 6. The monoisotopic (exact) mass is 378 g/mol. The van der Waals surface area contributed by atoms with E-state index in [9.17, 15) is 0 Å². The average Bonchev–Trinajstić information content (AvgIpc) is 3.17. The van der Waals surface area contributed by atoms with Crippen molar-refractivity contribution in [2.24, 2.45) is 0 Å². The van der Waals surface area contributed by atoms with Crippen LogP contribution >= 0.6 is 16.5 Å². The van der Waals surface area contributed by atoms with E-state index in [4.69, 9.17) is 0 Å². The number of hydrogen-bond acceptors (Lipinski definition) is 0. The zero-order valence-electron chi connectivity index (χ0n) is 15.4. The van der Waals surface area contributed by atoms with Crippen LogP contribution in [0.4, 0.5) is 0 Å². The minimum Gasteiger partial charge on any atom is -0.115 e. The first-order valence-electron chi connectivity index (χ1n) is 9.94. The van der Waals surface area contributed by atoms with Gasteiger partial charge in [-0.3, -0.25) is 0 Å². The lowest BCUT2D eigenvalue weighted by atomic mass is 10.0. The summed E-state index contributed by atoms with van der Waals surface area (Å²) in [6.45, 7) is 0. The molecule has 0 aliphatic heterocycles. The van der Waals surface area contributed by atoms with E-state index >= 15 is 0 Å². The number of hydrogen-bond donors (Lipinski definition) is 0. The van der Waals surface area contributed by atoms with Crippen molar-refractivity contribution in [1.29, 1.82) is 0 Å². The molecule has 0 saturated heterocycles. The summed E-state index contributed by atoms with van der Waals surface area (Å²) < 4.78 is 0. The van der Waals surface area contributed by atoms with E-state index in [1.165, 1.54) is 55.3 Å². The van der Waals surface area contributed by atoms with Crippen LogP contribution in [0.1, 0.15) is 38.5 Å². The highest BCUT2D eigenvalue weighted by Crippen LogP contribution is 2.49. The molecular weight excluding hydrogens is 350 g/mol. The summed E-state index contributed by atoms with van der Waals surface area (Å²) in [5.74, 6) is 0. The second-order valence-corrected chi connectivity index (χ2v) is 11.1. The maximum Gasteiger partial charge on any atom is -0.0122 e. The Hall–Kier alpha value is -1.22. The molecule has 1 saturated carbocycles. The van der Waals surface area contributed by atoms with Crippen molar-refractivity contribution >= 4 is 27.1 Å². The summed E-state index contributed by atoms with van der Waals surface area (Å²) >= 11 is 0. The molecule has 0 spiro atoms. The molecule has 0 bridgehead atoms. The molecule has 0 aromatic heterocycles. The van der Waals surface area contributed by atoms with E-state index in [0.29, 0.717) is 0 Å². The Balaban J connectivity index is 1.61. The van der Waals surface area contributed by atoms with Crippen molar-refractivity contribution in [1.82, 2.24) is 0 Å². The maximum absolute atomic E-state index is 2.44. The molecule has 1 fully saturated rings. The van der Waals surface area contributed by atoms with Crippen LogP contribution in [0, 0.1) is 0 Å². The summed E-state index contributed by atoms with van der Waals surface area (Å²) in [6.07, 6.45) is 14.7. The van der Waals surface area contributed by atoms with Gasteiger partial charge in [0.2, 0.25) is 0 Å². The lowest BCUT2D eigenvalue weighted by Gasteiger charge is -2.24. The largest absolute Gasteiger partial charge is 0.115 e. The van der Waals surface area contributed by atoms with E-state index in [1.807, 2.05) is 0 Å². The predicted molar refractivity (Wildman–Crippen MR) is 120 cm³/mol. The van der Waals surface area contributed by atoms with Crippen LogP contribution < -0.4 is 10.6 Å². The normalized spacial score (nSPS) is 18.5. The molecule has 0 radical (unpaired) electrons. The molecule has 2 aliphatic carbocycles. The van der Waals surface area contributed by atoms with Crippen molar-refractivity contribution in [3.05, 3.63) is 83.7 Å². The molecule has 2 aromatic carbocycles. The number of benzene rings is 2. The van der Waals surface area contributed by atoms with Crippen molar-refractivity contribution in [2.45, 2.75) is 44.2 Å². The van der Waals surface area contributed by atoms with Gasteiger partial charge in [-0.15, -0.1) is 8.58 Å². The van der Waals surface area contributed by atoms with E-state index in [-0.39, 0.29) is 0 Å². The van der Waals surface area contributed by atoms with Gasteiger partial charge in [-0.05, 0) is 54.9 Å². The van der Waals surface area contributed by atoms with Gasteiger partial charge in [0.05, 0.1) is 0 Å². The first-order chi connectivity index (χ1) is 12.9. The van der Waals surface area contributed by atoms with E-state index < -0.39 is 7.92 Å². The second kappa shape index (κ2) is 9.12. The highest BCUT2D eigenvalue weighted by atomic mass is 31.1. The zero-order valence-corrected chi connectivity index (χ0v) is 17.3. The van der Waals surface area contributed by atoms with Crippen LogP contribution in [-0.2, 0) is 0 Å². The lowest BCUT2D eigenvalue weighted by molar-refractivity contribution is 0.513. The van der Waals surface area contributed by atoms with Gasteiger partial charge in [0, 0.05) is 0 Å². The molecule has 2 aliphatic rings. The van der Waals surface area contributed by atoms with Crippen LogP contribution in [0.3, 0.4) is 0 Å². The fourth-order valence-corrected chi connectivity index (χ4v) is 8.46. The lowest BCUT2D eigenvalue weighted by Crippen LogP contribution is -2.13. The Morgan fingerprint density at radius 1 is 0.808 bits per heavy atom. The van der Waals surface area contributed by atoms with Crippen LogP contribution in [-0.4, -0.2) is 11.8 Å². The smallest absolute Gasteiger partial charge is 0.0122 e. The molecule has 4 rings (SSSR count). The fraction of sp³-hybridized carbons (Fsp3) is 0.333. The fourth-order valence-electron chi connectivity index (χ4n) is 4.09. The summed E-state index contributed by atoms with van der Waals surface area (Å²) in [7, 11) is 0.699. The Kier molecular flexibility index (Phi) is 6.37. The van der Waals surface area contributed by atoms with Gasteiger partial charge in [0.1, 0.15) is 0 Å². The minimum absolute atomic E-state index is 0.423. The first kappa shape index (κ1) is 18.2. The van der Waals surface area contributed by atoms with E-state index in [0.717, 1.165) is 14.2 Å². The highest BCUT2D eigenvalue weighted by molar-refractivity contribution is 7.77. The third-order valence-electron chi connectivity index (χ3n) is 5.48. The molecule has 0 nitrogen and oxygen atoms in total. The topological polar surface area (TPSA) is 0 Å². The van der Waals surface area contributed by atoms with Gasteiger partial charge in [-0.2, -0.15) is 0 Å². The van der Waals surface area contributed by atoms with Gasteiger partial charge in [-0.25, -0.2) is 0 Å². The summed E-state index contributed by atoms with van der Waals surface area (Å²) in [5, 5.41) is 4.59. The molecule has 2 aromatic rings. The Morgan fingerprint density at radius 2 is 1.42 bits per heavy atom. The minimum atomic E-state index is -0.423. The van der Waals surface area contributed by atoms with Gasteiger partial charge in [-0.1, -0.05) is 97.7 Å². The Morgan fingerprint density at radius 3 is 2.04 bits per heavy atom. The predicted octanol–water partition coefficient (Wildman–Crippen LogP) is 6.34. The standard InChI is InChI=1S/C24H28P2/c1-4-12-21(13-5-1)25-19-20-11-10-18-24(20)26(22-14-6-2-7-15-22)23-16-8-3-9-17-23/h2-3,6-10,14-18,21,25H,1,4-5,11-13,19H2.